The lowest BCUT2D eigenvalue weighted by Gasteiger charge is -2.12. The molecule has 0 atom stereocenters. The lowest BCUT2D eigenvalue weighted by atomic mass is 10.1. The summed E-state index contributed by atoms with van der Waals surface area (Å²) in [5.74, 6) is 0. The third-order valence-corrected chi connectivity index (χ3v) is 6.08. The second kappa shape index (κ2) is 7.80. The zero-order valence-electron chi connectivity index (χ0n) is 14.7. The highest BCUT2D eigenvalue weighted by Gasteiger charge is 2.23. The van der Waals surface area contributed by atoms with E-state index in [4.69, 9.17) is 11.6 Å². The summed E-state index contributed by atoms with van der Waals surface area (Å²) in [7, 11) is 0. The number of nitro groups is 1. The molecule has 27 heavy (non-hydrogen) atoms. The van der Waals surface area contributed by atoms with Crippen LogP contribution >= 0.6 is 22.9 Å². The zero-order valence-corrected chi connectivity index (χ0v) is 16.2. The molecule has 1 fully saturated rings. The summed E-state index contributed by atoms with van der Waals surface area (Å²) in [5.41, 5.74) is 0.880. The van der Waals surface area contributed by atoms with Crippen LogP contribution in [0.3, 0.4) is 0 Å². The van der Waals surface area contributed by atoms with E-state index in [2.05, 4.69) is 27.3 Å². The number of nitrogens with zero attached hydrogens (tertiary/aromatic N) is 3. The molecule has 0 aliphatic carbocycles. The van der Waals surface area contributed by atoms with Crippen LogP contribution in [-0.2, 0) is 13.1 Å². The summed E-state index contributed by atoms with van der Waals surface area (Å²) in [6, 6.07) is 11.5. The number of fused-ring (bicyclic) bond motifs is 1. The fourth-order valence-electron chi connectivity index (χ4n) is 3.46. The number of halogens is 1. The Morgan fingerprint density at radius 3 is 2.70 bits per heavy atom. The number of hydrogen-bond donors (Lipinski definition) is 1. The van der Waals surface area contributed by atoms with Gasteiger partial charge in [-0.15, -0.1) is 11.3 Å². The maximum absolute atomic E-state index is 11.5. The summed E-state index contributed by atoms with van der Waals surface area (Å²) in [4.78, 5) is 20.1. The van der Waals surface area contributed by atoms with Crippen LogP contribution in [-0.4, -0.2) is 27.9 Å². The summed E-state index contributed by atoms with van der Waals surface area (Å²) in [5, 5.41) is 15.4. The zero-order chi connectivity index (χ0) is 18.8. The number of nitrogens with one attached hydrogen (secondary N) is 1. The van der Waals surface area contributed by atoms with Crippen molar-refractivity contribution < 1.29 is 4.92 Å². The van der Waals surface area contributed by atoms with Crippen molar-refractivity contribution in [3.8, 4) is 0 Å². The number of thiophene rings is 1. The van der Waals surface area contributed by atoms with E-state index >= 15 is 0 Å². The molecule has 1 saturated heterocycles. The normalized spacial score (nSPS) is 14.7. The van der Waals surface area contributed by atoms with Gasteiger partial charge in [-0.1, -0.05) is 29.8 Å². The van der Waals surface area contributed by atoms with Crippen LogP contribution in [0.1, 0.15) is 22.6 Å². The van der Waals surface area contributed by atoms with E-state index in [0.717, 1.165) is 11.4 Å². The van der Waals surface area contributed by atoms with E-state index in [1.54, 1.807) is 17.4 Å². The molecule has 2 aromatic heterocycles. The smallest absolute Gasteiger partial charge is 0.329 e. The van der Waals surface area contributed by atoms with Crippen molar-refractivity contribution in [3.63, 3.8) is 0 Å². The Morgan fingerprint density at radius 1 is 1.19 bits per heavy atom. The third-order valence-electron chi connectivity index (χ3n) is 4.74. The van der Waals surface area contributed by atoms with Gasteiger partial charge in [-0.05, 0) is 44.1 Å². The number of para-hydroxylation sites is 1. The van der Waals surface area contributed by atoms with Crippen molar-refractivity contribution in [2.75, 3.05) is 18.4 Å². The fraction of sp³-hybridized carbons (Fsp3) is 0.316. The maximum Gasteiger partial charge on any atom is 0.329 e. The predicted octanol–water partition coefficient (Wildman–Crippen LogP) is 5.07. The minimum absolute atomic E-state index is 0.0953. The Labute approximate surface area is 165 Å². The third kappa shape index (κ3) is 3.90. The van der Waals surface area contributed by atoms with E-state index in [-0.39, 0.29) is 10.8 Å². The van der Waals surface area contributed by atoms with Gasteiger partial charge in [0.25, 0.3) is 0 Å². The molecule has 4 rings (SSSR count). The molecule has 0 unspecified atom stereocenters. The average Bonchev–Trinajstić information content (AvgIpc) is 3.31. The van der Waals surface area contributed by atoms with Gasteiger partial charge >= 0.3 is 5.69 Å². The fourth-order valence-corrected chi connectivity index (χ4v) is 4.71. The molecule has 0 saturated carbocycles. The minimum Gasteiger partial charge on any atom is -0.374 e. The van der Waals surface area contributed by atoms with Gasteiger partial charge in [0.1, 0.15) is 5.69 Å². The summed E-state index contributed by atoms with van der Waals surface area (Å²) in [6.07, 6.45) is 2.55. The Hall–Kier alpha value is -2.22. The molecule has 1 aliphatic heterocycles. The summed E-state index contributed by atoms with van der Waals surface area (Å²) < 4.78 is 0. The topological polar surface area (TPSA) is 71.3 Å². The number of likely N-dealkylation sites (tertiary alicyclic amines) is 1. The van der Waals surface area contributed by atoms with Crippen molar-refractivity contribution in [1.82, 2.24) is 9.88 Å². The maximum atomic E-state index is 11.5. The number of hydrogen-bond acceptors (Lipinski definition) is 6. The van der Waals surface area contributed by atoms with E-state index < -0.39 is 4.92 Å². The van der Waals surface area contributed by atoms with Gasteiger partial charge < -0.3 is 5.32 Å². The van der Waals surface area contributed by atoms with Crippen LogP contribution in [0.5, 0.6) is 0 Å². The first-order chi connectivity index (χ1) is 13.1. The van der Waals surface area contributed by atoms with Gasteiger partial charge in [0.15, 0.2) is 0 Å². The van der Waals surface area contributed by atoms with Crippen LogP contribution < -0.4 is 5.32 Å². The Morgan fingerprint density at radius 2 is 1.93 bits per heavy atom. The lowest BCUT2D eigenvalue weighted by molar-refractivity contribution is -0.384. The largest absolute Gasteiger partial charge is 0.374 e. The Kier molecular flexibility index (Phi) is 5.24. The molecule has 1 N–H and O–H groups in total. The van der Waals surface area contributed by atoms with Crippen molar-refractivity contribution in [3.05, 3.63) is 61.4 Å². The van der Waals surface area contributed by atoms with Crippen LogP contribution in [0.15, 0.2) is 36.4 Å². The Bertz CT molecular complexity index is 985. The van der Waals surface area contributed by atoms with Crippen molar-refractivity contribution in [2.24, 2.45) is 0 Å². The Balaban J connectivity index is 1.57. The number of aromatic nitrogens is 1. The van der Waals surface area contributed by atoms with Crippen LogP contribution in [0, 0.1) is 10.1 Å². The first kappa shape index (κ1) is 18.2. The SMILES string of the molecule is O=[N+]([O-])c1c(Cl)nc2ccccc2c1NCc1ccc(CN2CCCC2)s1. The molecular weight excluding hydrogens is 384 g/mol. The molecule has 6 nitrogen and oxygen atoms in total. The molecule has 0 amide bonds. The monoisotopic (exact) mass is 402 g/mol. The molecule has 3 aromatic rings. The van der Waals surface area contributed by atoms with Gasteiger partial charge in [-0.2, -0.15) is 0 Å². The quantitative estimate of drug-likeness (QED) is 0.354. The van der Waals surface area contributed by atoms with Gasteiger partial charge in [0.05, 0.1) is 10.4 Å². The highest BCUT2D eigenvalue weighted by Crippen LogP contribution is 2.37. The average molecular weight is 403 g/mol. The molecule has 1 aliphatic rings. The van der Waals surface area contributed by atoms with Crippen molar-refractivity contribution in [1.29, 1.82) is 0 Å². The molecule has 0 spiro atoms. The molecular formula is C19H19ClN4O2S. The highest BCUT2D eigenvalue weighted by molar-refractivity contribution is 7.12. The second-order valence-corrected chi connectivity index (χ2v) is 8.22. The number of pyridine rings is 1. The molecule has 1 aromatic carbocycles. The number of anilines is 1. The van der Waals surface area contributed by atoms with Gasteiger partial charge in [-0.25, -0.2) is 4.98 Å². The molecule has 8 heteroatoms. The minimum atomic E-state index is -0.475. The molecule has 140 valence electrons. The second-order valence-electron chi connectivity index (χ2n) is 6.61. The van der Waals surface area contributed by atoms with Crippen LogP contribution in [0.2, 0.25) is 5.15 Å². The first-order valence-corrected chi connectivity index (χ1v) is 10.1. The van der Waals surface area contributed by atoms with Crippen molar-refractivity contribution in [2.45, 2.75) is 25.9 Å². The van der Waals surface area contributed by atoms with Crippen LogP contribution in [0.4, 0.5) is 11.4 Å². The van der Waals surface area contributed by atoms with Crippen molar-refractivity contribution >= 4 is 45.2 Å². The van der Waals surface area contributed by atoms with Gasteiger partial charge in [-0.3, -0.25) is 15.0 Å². The summed E-state index contributed by atoms with van der Waals surface area (Å²) in [6.45, 7) is 3.82. The standard InChI is InChI=1S/C19H19ClN4O2S/c20-19-18(24(25)26)17(15-5-1-2-6-16(15)22-19)21-11-13-7-8-14(27-13)12-23-9-3-4-10-23/h1-2,5-8H,3-4,9-12H2,(H,21,22). The summed E-state index contributed by atoms with van der Waals surface area (Å²) >= 11 is 7.83. The van der Waals surface area contributed by atoms with E-state index in [1.165, 1.54) is 30.8 Å². The van der Waals surface area contributed by atoms with E-state index in [1.807, 2.05) is 18.2 Å². The first-order valence-electron chi connectivity index (χ1n) is 8.88. The molecule has 0 bridgehead atoms. The van der Waals surface area contributed by atoms with Gasteiger partial charge in [0.2, 0.25) is 5.15 Å². The number of benzene rings is 1. The lowest BCUT2D eigenvalue weighted by Crippen LogP contribution is -2.17. The number of rotatable bonds is 6. The predicted molar refractivity (Wildman–Crippen MR) is 110 cm³/mol. The van der Waals surface area contributed by atoms with Gasteiger partial charge in [0, 0.05) is 28.2 Å². The highest BCUT2D eigenvalue weighted by atomic mass is 35.5. The van der Waals surface area contributed by atoms with E-state index in [0.29, 0.717) is 23.1 Å². The van der Waals surface area contributed by atoms with Crippen LogP contribution in [0.25, 0.3) is 10.9 Å². The molecule has 3 heterocycles. The van der Waals surface area contributed by atoms with E-state index in [9.17, 15) is 10.1 Å². The molecule has 0 radical (unpaired) electrons.